The molecule has 0 unspecified atom stereocenters. The molecule has 3 rings (SSSR count). The van der Waals surface area contributed by atoms with E-state index in [-0.39, 0.29) is 0 Å². The van der Waals surface area contributed by atoms with Gasteiger partial charge in [0, 0.05) is 32.7 Å². The van der Waals surface area contributed by atoms with Crippen molar-refractivity contribution in [2.75, 3.05) is 39.9 Å². The molecule has 0 spiro atoms. The number of carboxylic acid groups (broad SMARTS) is 2. The highest BCUT2D eigenvalue weighted by Gasteiger charge is 2.28. The van der Waals surface area contributed by atoms with Crippen molar-refractivity contribution in [3.63, 3.8) is 0 Å². The number of nitrogens with zero attached hydrogens (tertiary/aromatic N) is 2. The molecule has 2 N–H and O–H groups in total. The number of hydrogen-bond acceptors (Lipinski definition) is 7. The predicted octanol–water partition coefficient (Wildman–Crippen LogP) is 2.06. The van der Waals surface area contributed by atoms with Crippen LogP contribution in [0.1, 0.15) is 18.1 Å². The molecule has 2 aromatic carbocycles. The Bertz CT molecular complexity index is 1070. The zero-order valence-corrected chi connectivity index (χ0v) is 20.2. The first-order chi connectivity index (χ1) is 16.1. The summed E-state index contributed by atoms with van der Waals surface area (Å²) in [7, 11) is -1.80. The van der Waals surface area contributed by atoms with Crippen molar-refractivity contribution < 1.29 is 37.7 Å². The SMILES string of the molecule is CCOc1cc(CN2CCN(S(=O)(=O)c3ccc(C)cc3)CC2)ccc1OC.O=C(O)C(=O)O. The number of hydrogen-bond donors (Lipinski definition) is 2. The first-order valence-corrected chi connectivity index (χ1v) is 12.1. The van der Waals surface area contributed by atoms with Crippen LogP contribution in [0.4, 0.5) is 0 Å². The molecule has 11 heteroatoms. The summed E-state index contributed by atoms with van der Waals surface area (Å²) in [6.07, 6.45) is 0. The van der Waals surface area contributed by atoms with Crippen molar-refractivity contribution in [1.82, 2.24) is 9.21 Å². The largest absolute Gasteiger partial charge is 0.493 e. The third-order valence-electron chi connectivity index (χ3n) is 5.11. The molecular weight excluding hydrogens is 464 g/mol. The normalized spacial score (nSPS) is 14.6. The van der Waals surface area contributed by atoms with Gasteiger partial charge >= 0.3 is 11.9 Å². The Morgan fingerprint density at radius 3 is 2.03 bits per heavy atom. The monoisotopic (exact) mass is 494 g/mol. The number of methoxy groups -OCH3 is 1. The second-order valence-corrected chi connectivity index (χ2v) is 9.46. The molecule has 0 atom stereocenters. The lowest BCUT2D eigenvalue weighted by Crippen LogP contribution is -2.48. The molecule has 34 heavy (non-hydrogen) atoms. The van der Waals surface area contributed by atoms with Crippen molar-refractivity contribution in [3.05, 3.63) is 53.6 Å². The van der Waals surface area contributed by atoms with Crippen LogP contribution >= 0.6 is 0 Å². The van der Waals surface area contributed by atoms with Gasteiger partial charge in [-0.05, 0) is 43.7 Å². The van der Waals surface area contributed by atoms with Gasteiger partial charge in [-0.25, -0.2) is 18.0 Å². The van der Waals surface area contributed by atoms with Crippen molar-refractivity contribution >= 4 is 22.0 Å². The summed E-state index contributed by atoms with van der Waals surface area (Å²) in [5.41, 5.74) is 2.17. The second-order valence-electron chi connectivity index (χ2n) is 7.52. The molecule has 1 fully saturated rings. The Hall–Kier alpha value is -3.15. The molecule has 1 aliphatic heterocycles. The number of carboxylic acids is 2. The van der Waals surface area contributed by atoms with E-state index in [1.165, 1.54) is 0 Å². The van der Waals surface area contributed by atoms with Crippen LogP contribution in [0.2, 0.25) is 0 Å². The van der Waals surface area contributed by atoms with Gasteiger partial charge in [-0.3, -0.25) is 4.90 Å². The van der Waals surface area contributed by atoms with Crippen LogP contribution in [0.5, 0.6) is 11.5 Å². The summed E-state index contributed by atoms with van der Waals surface area (Å²) in [5, 5.41) is 14.8. The van der Waals surface area contributed by atoms with E-state index in [0.29, 0.717) is 37.7 Å². The fraction of sp³-hybridized carbons (Fsp3) is 0.391. The van der Waals surface area contributed by atoms with Gasteiger partial charge in [0.2, 0.25) is 10.0 Å². The van der Waals surface area contributed by atoms with Crippen molar-refractivity contribution in [3.8, 4) is 11.5 Å². The van der Waals surface area contributed by atoms with Gasteiger partial charge in [-0.2, -0.15) is 4.31 Å². The minimum atomic E-state index is -3.43. The van der Waals surface area contributed by atoms with E-state index >= 15 is 0 Å². The summed E-state index contributed by atoms with van der Waals surface area (Å²) >= 11 is 0. The molecule has 0 saturated carbocycles. The molecule has 1 aliphatic rings. The van der Waals surface area contributed by atoms with Gasteiger partial charge in [0.1, 0.15) is 0 Å². The molecular formula is C23H30N2O8S. The molecule has 0 amide bonds. The smallest absolute Gasteiger partial charge is 0.414 e. The summed E-state index contributed by atoms with van der Waals surface area (Å²) in [6, 6.07) is 13.0. The Balaban J connectivity index is 0.000000604. The van der Waals surface area contributed by atoms with Crippen LogP contribution in [0.3, 0.4) is 0 Å². The Morgan fingerprint density at radius 2 is 1.53 bits per heavy atom. The van der Waals surface area contributed by atoms with E-state index in [1.54, 1.807) is 23.5 Å². The second kappa shape index (κ2) is 12.4. The Labute approximate surface area is 199 Å². The van der Waals surface area contributed by atoms with Crippen molar-refractivity contribution in [2.45, 2.75) is 25.3 Å². The van der Waals surface area contributed by atoms with Crippen molar-refractivity contribution in [2.24, 2.45) is 0 Å². The van der Waals surface area contributed by atoms with Crippen LogP contribution in [0, 0.1) is 6.92 Å². The highest BCUT2D eigenvalue weighted by Crippen LogP contribution is 2.29. The number of ether oxygens (including phenoxy) is 2. The number of aryl methyl sites for hydroxylation is 1. The molecule has 0 radical (unpaired) electrons. The Kier molecular flexibility index (Phi) is 9.84. The summed E-state index contributed by atoms with van der Waals surface area (Å²) < 4.78 is 38.2. The number of piperazine rings is 1. The topological polar surface area (TPSA) is 134 Å². The fourth-order valence-electron chi connectivity index (χ4n) is 3.33. The number of rotatable bonds is 7. The van der Waals surface area contributed by atoms with Gasteiger partial charge in [-0.15, -0.1) is 0 Å². The lowest BCUT2D eigenvalue weighted by Gasteiger charge is -2.34. The quantitative estimate of drug-likeness (QED) is 0.555. The van der Waals surface area contributed by atoms with Gasteiger partial charge in [0.05, 0.1) is 18.6 Å². The molecule has 186 valence electrons. The first-order valence-electron chi connectivity index (χ1n) is 10.6. The van der Waals surface area contributed by atoms with E-state index in [2.05, 4.69) is 4.90 Å². The van der Waals surface area contributed by atoms with E-state index in [9.17, 15) is 8.42 Å². The predicted molar refractivity (Wildman–Crippen MR) is 125 cm³/mol. The number of aliphatic carboxylic acids is 2. The minimum absolute atomic E-state index is 0.364. The fourth-order valence-corrected chi connectivity index (χ4v) is 4.76. The van der Waals surface area contributed by atoms with Gasteiger partial charge < -0.3 is 19.7 Å². The molecule has 0 aliphatic carbocycles. The minimum Gasteiger partial charge on any atom is -0.493 e. The molecule has 0 aromatic heterocycles. The summed E-state index contributed by atoms with van der Waals surface area (Å²) in [6.45, 7) is 7.60. The molecule has 2 aromatic rings. The first kappa shape index (κ1) is 27.1. The lowest BCUT2D eigenvalue weighted by atomic mass is 10.1. The number of benzene rings is 2. The van der Waals surface area contributed by atoms with Crippen LogP contribution < -0.4 is 9.47 Å². The van der Waals surface area contributed by atoms with Crippen LogP contribution in [-0.2, 0) is 26.2 Å². The van der Waals surface area contributed by atoms with Crippen LogP contribution in [0.15, 0.2) is 47.4 Å². The van der Waals surface area contributed by atoms with Crippen LogP contribution in [-0.4, -0.2) is 79.7 Å². The maximum atomic E-state index is 12.8. The average molecular weight is 495 g/mol. The van der Waals surface area contributed by atoms with E-state index in [1.807, 2.05) is 44.2 Å². The maximum absolute atomic E-state index is 12.8. The molecule has 1 saturated heterocycles. The van der Waals surface area contributed by atoms with E-state index in [4.69, 9.17) is 29.3 Å². The third kappa shape index (κ3) is 7.44. The highest BCUT2D eigenvalue weighted by molar-refractivity contribution is 7.89. The van der Waals surface area contributed by atoms with Gasteiger partial charge in [0.25, 0.3) is 0 Å². The van der Waals surface area contributed by atoms with Gasteiger partial charge in [0.15, 0.2) is 11.5 Å². The lowest BCUT2D eigenvalue weighted by molar-refractivity contribution is -0.159. The molecule has 0 bridgehead atoms. The van der Waals surface area contributed by atoms with Crippen molar-refractivity contribution in [1.29, 1.82) is 0 Å². The highest BCUT2D eigenvalue weighted by atomic mass is 32.2. The summed E-state index contributed by atoms with van der Waals surface area (Å²) in [5.74, 6) is -2.19. The number of sulfonamides is 1. The third-order valence-corrected chi connectivity index (χ3v) is 7.02. The molecule has 10 nitrogen and oxygen atoms in total. The average Bonchev–Trinajstić information content (AvgIpc) is 2.80. The number of carbonyl (C=O) groups is 2. The zero-order chi connectivity index (χ0) is 25.3. The van der Waals surface area contributed by atoms with Gasteiger partial charge in [-0.1, -0.05) is 23.8 Å². The zero-order valence-electron chi connectivity index (χ0n) is 19.4. The van der Waals surface area contributed by atoms with E-state index < -0.39 is 22.0 Å². The molecule has 1 heterocycles. The Morgan fingerprint density at radius 1 is 0.941 bits per heavy atom. The maximum Gasteiger partial charge on any atom is 0.414 e. The van der Waals surface area contributed by atoms with Crippen LogP contribution in [0.25, 0.3) is 0 Å². The standard InChI is InChI=1S/C21H28N2O4S.C2H2O4/c1-4-27-21-15-18(7-10-20(21)26-3)16-22-11-13-23(14-12-22)28(24,25)19-8-5-17(2)6-9-19;3-1(4)2(5)6/h5-10,15H,4,11-14,16H2,1-3H3;(H,3,4)(H,5,6). The van der Waals surface area contributed by atoms with E-state index in [0.717, 1.165) is 29.2 Å². The summed E-state index contributed by atoms with van der Waals surface area (Å²) in [4.78, 5) is 20.8.